The van der Waals surface area contributed by atoms with E-state index in [4.69, 9.17) is 10.00 Å². The van der Waals surface area contributed by atoms with E-state index < -0.39 is 17.3 Å². The predicted octanol–water partition coefficient (Wildman–Crippen LogP) is 2.71. The Morgan fingerprint density at radius 1 is 1.30 bits per heavy atom. The molecule has 20 heavy (non-hydrogen) atoms. The van der Waals surface area contributed by atoms with Crippen molar-refractivity contribution in [1.82, 2.24) is 5.32 Å². The number of hydrogen-bond acceptors (Lipinski definition) is 3. The minimum absolute atomic E-state index is 0.0420. The Morgan fingerprint density at radius 3 is 2.50 bits per heavy atom. The summed E-state index contributed by atoms with van der Waals surface area (Å²) < 4.78 is 43.6. The van der Waals surface area contributed by atoms with Gasteiger partial charge in [0.1, 0.15) is 5.75 Å². The van der Waals surface area contributed by atoms with Crippen molar-refractivity contribution in [2.75, 3.05) is 13.1 Å². The highest BCUT2D eigenvalue weighted by atomic mass is 19.4. The fraction of sp³-hybridized carbons (Fsp3) is 0.500. The van der Waals surface area contributed by atoms with Crippen LogP contribution in [0, 0.1) is 16.7 Å². The number of nitrogens with zero attached hydrogens (tertiary/aromatic N) is 1. The molecule has 1 aromatic carbocycles. The molecule has 1 aliphatic heterocycles. The molecule has 1 saturated heterocycles. The summed E-state index contributed by atoms with van der Waals surface area (Å²) in [7, 11) is 0. The molecule has 0 radical (unpaired) electrons. The van der Waals surface area contributed by atoms with Crippen LogP contribution in [0.5, 0.6) is 5.75 Å². The maximum Gasteiger partial charge on any atom is 0.417 e. The second kappa shape index (κ2) is 4.38. The molecule has 1 spiro atoms. The van der Waals surface area contributed by atoms with E-state index in [0.29, 0.717) is 11.2 Å². The van der Waals surface area contributed by atoms with E-state index in [2.05, 4.69) is 5.32 Å². The summed E-state index contributed by atoms with van der Waals surface area (Å²) in [5, 5.41) is 12.0. The third-order valence-electron chi connectivity index (χ3n) is 4.04. The highest BCUT2D eigenvalue weighted by Crippen LogP contribution is 2.46. The number of alkyl halides is 3. The van der Waals surface area contributed by atoms with Crippen molar-refractivity contribution < 1.29 is 17.9 Å². The molecule has 1 saturated carbocycles. The van der Waals surface area contributed by atoms with Crippen LogP contribution in [-0.4, -0.2) is 19.2 Å². The second-order valence-corrected chi connectivity index (χ2v) is 5.57. The van der Waals surface area contributed by atoms with Gasteiger partial charge in [-0.15, -0.1) is 0 Å². The fourth-order valence-electron chi connectivity index (χ4n) is 2.89. The molecule has 3 nitrogen and oxygen atoms in total. The van der Waals surface area contributed by atoms with Crippen LogP contribution < -0.4 is 10.1 Å². The molecule has 2 aliphatic rings. The summed E-state index contributed by atoms with van der Waals surface area (Å²) in [6.07, 6.45) is -2.63. The van der Waals surface area contributed by atoms with E-state index in [1.165, 1.54) is 12.1 Å². The third-order valence-corrected chi connectivity index (χ3v) is 4.04. The van der Waals surface area contributed by atoms with Gasteiger partial charge in [0.15, 0.2) is 0 Å². The zero-order valence-electron chi connectivity index (χ0n) is 10.6. The molecular formula is C14H13F3N2O. The van der Waals surface area contributed by atoms with Gasteiger partial charge in [0, 0.05) is 18.5 Å². The first-order chi connectivity index (χ1) is 9.42. The number of ether oxygens (including phenoxy) is 1. The van der Waals surface area contributed by atoms with E-state index in [0.717, 1.165) is 32.0 Å². The summed E-state index contributed by atoms with van der Waals surface area (Å²) in [6, 6.07) is 4.95. The minimum atomic E-state index is -4.51. The molecule has 2 fully saturated rings. The van der Waals surface area contributed by atoms with E-state index in [1.807, 2.05) is 0 Å². The predicted molar refractivity (Wildman–Crippen MR) is 65.1 cm³/mol. The molecule has 1 N–H and O–H groups in total. The van der Waals surface area contributed by atoms with Gasteiger partial charge in [-0.05, 0) is 31.0 Å². The van der Waals surface area contributed by atoms with Crippen LogP contribution >= 0.6 is 0 Å². The van der Waals surface area contributed by atoms with E-state index in [-0.39, 0.29) is 6.10 Å². The molecule has 0 atom stereocenters. The molecule has 0 amide bonds. The molecular weight excluding hydrogens is 269 g/mol. The number of rotatable bonds is 2. The molecule has 3 rings (SSSR count). The molecule has 0 aromatic heterocycles. The maximum absolute atomic E-state index is 12.7. The molecule has 0 unspecified atom stereocenters. The lowest BCUT2D eigenvalue weighted by atomic mass is 9.63. The minimum Gasteiger partial charge on any atom is -0.490 e. The van der Waals surface area contributed by atoms with Gasteiger partial charge in [-0.1, -0.05) is 0 Å². The Kier molecular flexibility index (Phi) is 2.91. The molecule has 1 aliphatic carbocycles. The summed E-state index contributed by atoms with van der Waals surface area (Å²) in [4.78, 5) is 0. The first-order valence-electron chi connectivity index (χ1n) is 6.41. The summed E-state index contributed by atoms with van der Waals surface area (Å²) in [5.41, 5.74) is -0.968. The standard InChI is InChI=1S/C14H13F3N2O/c15-14(16,17)12-2-1-10(3-9(12)6-18)20-11-4-13(5-11)7-19-8-13/h1-3,11,19H,4-5,7-8H2. The van der Waals surface area contributed by atoms with Crippen molar-refractivity contribution in [1.29, 1.82) is 5.26 Å². The monoisotopic (exact) mass is 282 g/mol. The summed E-state index contributed by atoms with van der Waals surface area (Å²) in [6.45, 7) is 1.98. The van der Waals surface area contributed by atoms with Gasteiger partial charge in [-0.2, -0.15) is 18.4 Å². The normalized spacial score (nSPS) is 20.9. The summed E-state index contributed by atoms with van der Waals surface area (Å²) >= 11 is 0. The number of nitrogens with one attached hydrogen (secondary N) is 1. The van der Waals surface area contributed by atoms with Gasteiger partial charge in [-0.25, -0.2) is 0 Å². The lowest BCUT2D eigenvalue weighted by molar-refractivity contribution is -0.137. The Hall–Kier alpha value is -1.74. The highest BCUT2D eigenvalue weighted by molar-refractivity contribution is 5.44. The van der Waals surface area contributed by atoms with E-state index in [9.17, 15) is 13.2 Å². The molecule has 1 heterocycles. The molecule has 106 valence electrons. The quantitative estimate of drug-likeness (QED) is 0.907. The zero-order valence-corrected chi connectivity index (χ0v) is 10.6. The number of hydrogen-bond donors (Lipinski definition) is 1. The van der Waals surface area contributed by atoms with Crippen LogP contribution in [0.15, 0.2) is 18.2 Å². The van der Waals surface area contributed by atoms with Crippen molar-refractivity contribution in [2.45, 2.75) is 25.1 Å². The maximum atomic E-state index is 12.7. The Labute approximate surface area is 114 Å². The van der Waals surface area contributed by atoms with Crippen LogP contribution in [0.1, 0.15) is 24.0 Å². The molecule has 0 bridgehead atoms. The lowest BCUT2D eigenvalue weighted by Crippen LogP contribution is -2.62. The first kappa shape index (κ1) is 13.3. The molecule has 6 heteroatoms. The average Bonchev–Trinajstić information content (AvgIpc) is 2.29. The van der Waals surface area contributed by atoms with Crippen LogP contribution in [0.3, 0.4) is 0 Å². The van der Waals surface area contributed by atoms with Crippen molar-refractivity contribution in [3.8, 4) is 11.8 Å². The van der Waals surface area contributed by atoms with E-state index >= 15 is 0 Å². The van der Waals surface area contributed by atoms with Crippen LogP contribution in [0.2, 0.25) is 0 Å². The van der Waals surface area contributed by atoms with Gasteiger partial charge in [0.05, 0.1) is 23.3 Å². The van der Waals surface area contributed by atoms with Gasteiger partial charge in [-0.3, -0.25) is 0 Å². The van der Waals surface area contributed by atoms with Crippen LogP contribution in [0.4, 0.5) is 13.2 Å². The lowest BCUT2D eigenvalue weighted by Gasteiger charge is -2.53. The molecule has 1 aromatic rings. The Bertz CT molecular complexity index is 565. The fourth-order valence-corrected chi connectivity index (χ4v) is 2.89. The van der Waals surface area contributed by atoms with Crippen LogP contribution in [0.25, 0.3) is 0 Å². The topological polar surface area (TPSA) is 45.0 Å². The van der Waals surface area contributed by atoms with Crippen molar-refractivity contribution in [3.05, 3.63) is 29.3 Å². The van der Waals surface area contributed by atoms with Crippen molar-refractivity contribution in [2.24, 2.45) is 5.41 Å². The largest absolute Gasteiger partial charge is 0.490 e. The third kappa shape index (κ3) is 2.22. The van der Waals surface area contributed by atoms with Crippen molar-refractivity contribution in [3.63, 3.8) is 0 Å². The number of nitriles is 1. The Morgan fingerprint density at radius 2 is 2.00 bits per heavy atom. The summed E-state index contributed by atoms with van der Waals surface area (Å²) in [5.74, 6) is 0.335. The highest BCUT2D eigenvalue weighted by Gasteiger charge is 2.49. The van der Waals surface area contributed by atoms with Crippen molar-refractivity contribution >= 4 is 0 Å². The number of halogens is 3. The van der Waals surface area contributed by atoms with Gasteiger partial charge < -0.3 is 10.1 Å². The first-order valence-corrected chi connectivity index (χ1v) is 6.41. The second-order valence-electron chi connectivity index (χ2n) is 5.57. The van der Waals surface area contributed by atoms with Gasteiger partial charge in [0.25, 0.3) is 0 Å². The van der Waals surface area contributed by atoms with Gasteiger partial charge in [0.2, 0.25) is 0 Å². The smallest absolute Gasteiger partial charge is 0.417 e. The van der Waals surface area contributed by atoms with Gasteiger partial charge >= 0.3 is 6.18 Å². The van der Waals surface area contributed by atoms with E-state index in [1.54, 1.807) is 6.07 Å². The zero-order chi connectivity index (χ0) is 14.4. The van der Waals surface area contributed by atoms with Crippen LogP contribution in [-0.2, 0) is 6.18 Å². The average molecular weight is 282 g/mol. The number of benzene rings is 1. The SMILES string of the molecule is N#Cc1cc(OC2CC3(CNC3)C2)ccc1C(F)(F)F. The Balaban J connectivity index is 1.71.